The van der Waals surface area contributed by atoms with Crippen molar-refractivity contribution >= 4 is 5.69 Å². The summed E-state index contributed by atoms with van der Waals surface area (Å²) in [6, 6.07) is 15.3. The molecule has 3 heteroatoms. The third-order valence-corrected chi connectivity index (χ3v) is 2.77. The Kier molecular flexibility index (Phi) is 3.42. The van der Waals surface area contributed by atoms with Crippen molar-refractivity contribution in [1.29, 1.82) is 0 Å². The highest BCUT2D eigenvalue weighted by atomic mass is 16.8. The molecule has 2 N–H and O–H groups in total. The van der Waals surface area contributed by atoms with Crippen molar-refractivity contribution in [3.05, 3.63) is 54.1 Å². The van der Waals surface area contributed by atoms with Crippen molar-refractivity contribution < 1.29 is 10.4 Å². The normalized spacial score (nSPS) is 10.3. The Hall–Kier alpha value is -1.84. The highest BCUT2D eigenvalue weighted by molar-refractivity contribution is 5.67. The summed E-state index contributed by atoms with van der Waals surface area (Å²) in [5.74, 6) is 0. The van der Waals surface area contributed by atoms with Crippen LogP contribution in [0.25, 0.3) is 11.1 Å². The summed E-state index contributed by atoms with van der Waals surface area (Å²) in [4.78, 5) is 0. The molecule has 0 aliphatic carbocycles. The highest BCUT2D eigenvalue weighted by Gasteiger charge is 2.02. The fourth-order valence-corrected chi connectivity index (χ4v) is 1.74. The zero-order chi connectivity index (χ0) is 12.3. The maximum Gasteiger partial charge on any atom is 0.0948 e. The standard InChI is InChI=1S/C14H15NO2/c1-2-11-6-8-12(9-7-11)13-4-3-5-14(10-13)15(16)17/h3-10,16-17H,2H2,1H3. The molecule has 0 aromatic heterocycles. The van der Waals surface area contributed by atoms with Gasteiger partial charge in [-0.15, -0.1) is 5.23 Å². The van der Waals surface area contributed by atoms with Crippen molar-refractivity contribution in [2.75, 3.05) is 5.23 Å². The van der Waals surface area contributed by atoms with Gasteiger partial charge in [-0.1, -0.05) is 43.3 Å². The predicted octanol–water partition coefficient (Wildman–Crippen LogP) is 3.50. The molecule has 0 unspecified atom stereocenters. The van der Waals surface area contributed by atoms with Gasteiger partial charge in [0.2, 0.25) is 0 Å². The quantitative estimate of drug-likeness (QED) is 0.792. The Bertz CT molecular complexity index is 492. The number of nitrogens with zero attached hydrogens (tertiary/aromatic N) is 1. The lowest BCUT2D eigenvalue weighted by Crippen LogP contribution is -2.10. The summed E-state index contributed by atoms with van der Waals surface area (Å²) in [7, 11) is 0. The van der Waals surface area contributed by atoms with E-state index in [9.17, 15) is 0 Å². The van der Waals surface area contributed by atoms with Crippen molar-refractivity contribution in [1.82, 2.24) is 0 Å². The van der Waals surface area contributed by atoms with Crippen LogP contribution >= 0.6 is 0 Å². The molecule has 17 heavy (non-hydrogen) atoms. The van der Waals surface area contributed by atoms with Crippen molar-refractivity contribution in [2.24, 2.45) is 0 Å². The average Bonchev–Trinajstić information content (AvgIpc) is 2.39. The maximum absolute atomic E-state index is 8.97. The number of benzene rings is 2. The first-order chi connectivity index (χ1) is 8.20. The molecule has 0 saturated heterocycles. The molecule has 0 atom stereocenters. The van der Waals surface area contributed by atoms with Crippen LogP contribution in [-0.4, -0.2) is 10.4 Å². The van der Waals surface area contributed by atoms with Crippen molar-refractivity contribution in [3.8, 4) is 11.1 Å². The van der Waals surface area contributed by atoms with E-state index < -0.39 is 0 Å². The lowest BCUT2D eigenvalue weighted by Gasteiger charge is -2.10. The van der Waals surface area contributed by atoms with E-state index >= 15 is 0 Å². The van der Waals surface area contributed by atoms with Gasteiger partial charge in [-0.2, -0.15) is 0 Å². The Morgan fingerprint density at radius 2 is 1.65 bits per heavy atom. The van der Waals surface area contributed by atoms with E-state index in [1.54, 1.807) is 18.2 Å². The first-order valence-corrected chi connectivity index (χ1v) is 5.58. The average molecular weight is 229 g/mol. The molecule has 0 saturated carbocycles. The first-order valence-electron chi connectivity index (χ1n) is 5.58. The third-order valence-electron chi connectivity index (χ3n) is 2.77. The number of aryl methyl sites for hydroxylation is 1. The van der Waals surface area contributed by atoms with Crippen LogP contribution in [0.15, 0.2) is 48.5 Å². The molecular weight excluding hydrogens is 214 g/mol. The molecule has 2 rings (SSSR count). The lowest BCUT2D eigenvalue weighted by molar-refractivity contribution is 0.0292. The van der Waals surface area contributed by atoms with E-state index in [1.165, 1.54) is 5.56 Å². The van der Waals surface area contributed by atoms with Gasteiger partial charge in [0, 0.05) is 0 Å². The van der Waals surface area contributed by atoms with Gasteiger partial charge in [-0.3, -0.25) is 10.4 Å². The van der Waals surface area contributed by atoms with Crippen molar-refractivity contribution in [3.63, 3.8) is 0 Å². The van der Waals surface area contributed by atoms with Gasteiger partial charge in [-0.25, -0.2) is 0 Å². The number of hydrogen-bond acceptors (Lipinski definition) is 3. The lowest BCUT2D eigenvalue weighted by atomic mass is 10.0. The molecule has 0 fully saturated rings. The zero-order valence-electron chi connectivity index (χ0n) is 9.67. The van der Waals surface area contributed by atoms with E-state index in [4.69, 9.17) is 10.4 Å². The Labute approximate surface area is 100 Å². The number of rotatable bonds is 3. The molecule has 0 aliphatic rings. The summed E-state index contributed by atoms with van der Waals surface area (Å²) >= 11 is 0. The summed E-state index contributed by atoms with van der Waals surface area (Å²) in [6.45, 7) is 2.12. The molecule has 0 spiro atoms. The highest BCUT2D eigenvalue weighted by Crippen LogP contribution is 2.24. The smallest absolute Gasteiger partial charge is 0.0948 e. The van der Waals surface area contributed by atoms with Crippen LogP contribution < -0.4 is 5.23 Å². The van der Waals surface area contributed by atoms with Gasteiger partial charge in [0.15, 0.2) is 0 Å². The molecule has 0 bridgehead atoms. The monoisotopic (exact) mass is 229 g/mol. The van der Waals surface area contributed by atoms with Crippen LogP contribution in [0.5, 0.6) is 0 Å². The van der Waals surface area contributed by atoms with Crippen LogP contribution in [-0.2, 0) is 6.42 Å². The summed E-state index contributed by atoms with van der Waals surface area (Å²) in [5.41, 5.74) is 3.65. The van der Waals surface area contributed by atoms with Crippen LogP contribution in [0.2, 0.25) is 0 Å². The van der Waals surface area contributed by atoms with Gasteiger partial charge >= 0.3 is 0 Å². The van der Waals surface area contributed by atoms with Gasteiger partial charge in [0.1, 0.15) is 0 Å². The van der Waals surface area contributed by atoms with E-state index in [-0.39, 0.29) is 5.23 Å². The SMILES string of the molecule is CCc1ccc(-c2cccc(N(O)O)c2)cc1. The number of anilines is 1. The minimum Gasteiger partial charge on any atom is -0.264 e. The Morgan fingerprint density at radius 1 is 0.941 bits per heavy atom. The van der Waals surface area contributed by atoms with Gasteiger partial charge < -0.3 is 0 Å². The van der Waals surface area contributed by atoms with Gasteiger partial charge in [-0.05, 0) is 35.2 Å². The summed E-state index contributed by atoms with van der Waals surface area (Å²) in [5, 5.41) is 18.1. The molecule has 0 amide bonds. The first kappa shape index (κ1) is 11.6. The molecule has 2 aromatic carbocycles. The fourth-order valence-electron chi connectivity index (χ4n) is 1.74. The third kappa shape index (κ3) is 2.64. The second kappa shape index (κ2) is 4.99. The van der Waals surface area contributed by atoms with Crippen LogP contribution in [0.4, 0.5) is 5.69 Å². The summed E-state index contributed by atoms with van der Waals surface area (Å²) in [6.07, 6.45) is 1.02. The topological polar surface area (TPSA) is 43.7 Å². The van der Waals surface area contributed by atoms with E-state index in [0.717, 1.165) is 17.5 Å². The van der Waals surface area contributed by atoms with Crippen molar-refractivity contribution in [2.45, 2.75) is 13.3 Å². The minimum atomic E-state index is 0.129. The van der Waals surface area contributed by atoms with Crippen LogP contribution in [0.3, 0.4) is 0 Å². The van der Waals surface area contributed by atoms with E-state index in [0.29, 0.717) is 5.69 Å². The second-order valence-electron chi connectivity index (χ2n) is 3.89. The maximum atomic E-state index is 8.97. The molecule has 88 valence electrons. The van der Waals surface area contributed by atoms with E-state index in [2.05, 4.69) is 19.1 Å². The minimum absolute atomic E-state index is 0.129. The molecule has 3 nitrogen and oxygen atoms in total. The van der Waals surface area contributed by atoms with Crippen LogP contribution in [0.1, 0.15) is 12.5 Å². The second-order valence-corrected chi connectivity index (χ2v) is 3.89. The summed E-state index contributed by atoms with van der Waals surface area (Å²) < 4.78 is 0. The van der Waals surface area contributed by atoms with Crippen LogP contribution in [0, 0.1) is 0 Å². The Morgan fingerprint density at radius 3 is 2.24 bits per heavy atom. The van der Waals surface area contributed by atoms with Gasteiger partial charge in [0.25, 0.3) is 0 Å². The molecule has 0 radical (unpaired) electrons. The molecular formula is C14H15NO2. The fraction of sp³-hybridized carbons (Fsp3) is 0.143. The van der Waals surface area contributed by atoms with E-state index in [1.807, 2.05) is 18.2 Å². The van der Waals surface area contributed by atoms with Gasteiger partial charge in [0.05, 0.1) is 5.69 Å². The molecule has 2 aromatic rings. The largest absolute Gasteiger partial charge is 0.264 e. The molecule has 0 heterocycles. The Balaban J connectivity index is 2.35. The number of hydrogen-bond donors (Lipinski definition) is 2. The molecule has 0 aliphatic heterocycles. The zero-order valence-corrected chi connectivity index (χ0v) is 9.67. The predicted molar refractivity (Wildman–Crippen MR) is 67.3 cm³/mol.